The highest BCUT2D eigenvalue weighted by Gasteiger charge is 2.41. The van der Waals surface area contributed by atoms with Crippen LogP contribution < -0.4 is 9.62 Å². The Morgan fingerprint density at radius 1 is 0.971 bits per heavy atom. The summed E-state index contributed by atoms with van der Waals surface area (Å²) in [6.07, 6.45) is 1.47. The lowest BCUT2D eigenvalue weighted by atomic mass is 9.95. The molecule has 1 aliphatic heterocycles. The Morgan fingerprint density at radius 2 is 1.63 bits per heavy atom. The Hall–Kier alpha value is -4.17. The van der Waals surface area contributed by atoms with Gasteiger partial charge in [-0.1, -0.05) is 66.7 Å². The summed E-state index contributed by atoms with van der Waals surface area (Å²) >= 11 is 0. The number of hydrogen-bond acceptors (Lipinski definition) is 5. The van der Waals surface area contributed by atoms with E-state index in [0.717, 1.165) is 4.31 Å². The van der Waals surface area contributed by atoms with Crippen molar-refractivity contribution in [2.75, 3.05) is 22.8 Å². The molecule has 1 aliphatic rings. The minimum Gasteiger partial charge on any atom is -0.462 e. The molecule has 3 aromatic carbocycles. The Labute approximate surface area is 204 Å². The summed E-state index contributed by atoms with van der Waals surface area (Å²) in [6, 6.07) is 22.2. The van der Waals surface area contributed by atoms with Crippen molar-refractivity contribution in [2.24, 2.45) is 0 Å². The van der Waals surface area contributed by atoms with Crippen molar-refractivity contribution in [1.82, 2.24) is 0 Å². The maximum Gasteiger partial charge on any atom is 0.340 e. The standard InChI is InChI=1S/C27H24N2O5S/c1-3-18-29-23-17-11-9-15-21(23)24(19-12-6-5-7-13-19)25(35(29,32)33)26(30)28-22-16-10-8-14-20(22)27(31)34-4-2/h3,5-17H,1,4,18H2,2H3,(H,28,30). The number of para-hydroxylation sites is 2. The van der Waals surface area contributed by atoms with E-state index in [1.165, 1.54) is 18.2 Å². The van der Waals surface area contributed by atoms with Crippen LogP contribution in [0.3, 0.4) is 0 Å². The van der Waals surface area contributed by atoms with Crippen LogP contribution in [0.1, 0.15) is 28.4 Å². The van der Waals surface area contributed by atoms with Gasteiger partial charge in [-0.25, -0.2) is 13.2 Å². The molecule has 1 N–H and O–H groups in total. The minimum atomic E-state index is -4.29. The molecule has 4 rings (SSSR count). The van der Waals surface area contributed by atoms with Crippen LogP contribution in [0.25, 0.3) is 5.57 Å². The van der Waals surface area contributed by atoms with Crippen molar-refractivity contribution in [1.29, 1.82) is 0 Å². The Morgan fingerprint density at radius 3 is 2.34 bits per heavy atom. The molecule has 178 valence electrons. The molecule has 3 aromatic rings. The van der Waals surface area contributed by atoms with Gasteiger partial charge in [0.2, 0.25) is 0 Å². The zero-order valence-corrected chi connectivity index (χ0v) is 19.9. The lowest BCUT2D eigenvalue weighted by molar-refractivity contribution is -0.112. The Kier molecular flexibility index (Phi) is 6.84. The number of hydrogen-bond donors (Lipinski definition) is 1. The average molecular weight is 489 g/mol. The van der Waals surface area contributed by atoms with Crippen LogP contribution in [0.2, 0.25) is 0 Å². The summed E-state index contributed by atoms with van der Waals surface area (Å²) in [5.41, 5.74) is 2.19. The van der Waals surface area contributed by atoms with E-state index in [9.17, 15) is 18.0 Å². The first-order valence-corrected chi connectivity index (χ1v) is 12.4. The highest BCUT2D eigenvalue weighted by Crippen LogP contribution is 2.43. The predicted molar refractivity (Wildman–Crippen MR) is 136 cm³/mol. The number of carbonyl (C=O) groups is 2. The molecule has 0 unspecified atom stereocenters. The molecule has 0 aromatic heterocycles. The van der Waals surface area contributed by atoms with E-state index in [1.807, 2.05) is 6.07 Å². The van der Waals surface area contributed by atoms with Gasteiger partial charge in [-0.05, 0) is 30.7 Å². The first kappa shape index (κ1) is 24.0. The largest absolute Gasteiger partial charge is 0.462 e. The Balaban J connectivity index is 1.94. The van der Waals surface area contributed by atoms with E-state index in [0.29, 0.717) is 16.8 Å². The van der Waals surface area contributed by atoms with Gasteiger partial charge in [-0.2, -0.15) is 0 Å². The molecule has 0 saturated heterocycles. The van der Waals surface area contributed by atoms with Crippen molar-refractivity contribution < 1.29 is 22.7 Å². The number of nitrogens with zero attached hydrogens (tertiary/aromatic N) is 1. The number of fused-ring (bicyclic) bond motifs is 1. The first-order valence-electron chi connectivity index (χ1n) is 11.0. The molecule has 0 radical (unpaired) electrons. The highest BCUT2D eigenvalue weighted by atomic mass is 32.2. The fourth-order valence-corrected chi connectivity index (χ4v) is 5.70. The molecule has 0 spiro atoms. The molecule has 0 saturated carbocycles. The van der Waals surface area contributed by atoms with Gasteiger partial charge in [-0.15, -0.1) is 6.58 Å². The summed E-state index contributed by atoms with van der Waals surface area (Å²) in [5.74, 6) is -1.48. The number of amides is 1. The van der Waals surface area contributed by atoms with Crippen molar-refractivity contribution in [3.63, 3.8) is 0 Å². The molecular formula is C27H24N2O5S. The zero-order chi connectivity index (χ0) is 25.0. The molecule has 7 nitrogen and oxygen atoms in total. The van der Waals surface area contributed by atoms with Gasteiger partial charge in [0.15, 0.2) is 4.91 Å². The van der Waals surface area contributed by atoms with Crippen molar-refractivity contribution in [3.8, 4) is 0 Å². The number of esters is 1. The maximum absolute atomic E-state index is 13.9. The van der Waals surface area contributed by atoms with Crippen LogP contribution in [0, 0.1) is 0 Å². The van der Waals surface area contributed by atoms with Crippen LogP contribution in [-0.4, -0.2) is 33.4 Å². The van der Waals surface area contributed by atoms with Gasteiger partial charge < -0.3 is 10.1 Å². The van der Waals surface area contributed by atoms with Gasteiger partial charge in [0, 0.05) is 11.1 Å². The van der Waals surface area contributed by atoms with Crippen molar-refractivity contribution in [3.05, 3.63) is 113 Å². The Bertz CT molecular complexity index is 1430. The van der Waals surface area contributed by atoms with Crippen LogP contribution >= 0.6 is 0 Å². The van der Waals surface area contributed by atoms with Gasteiger partial charge in [-0.3, -0.25) is 9.10 Å². The summed E-state index contributed by atoms with van der Waals surface area (Å²) < 4.78 is 34.0. The molecule has 0 bridgehead atoms. The number of carbonyl (C=O) groups excluding carboxylic acids is 2. The number of anilines is 2. The number of nitrogens with one attached hydrogen (secondary N) is 1. The number of rotatable bonds is 7. The van der Waals surface area contributed by atoms with Gasteiger partial charge >= 0.3 is 5.97 Å². The van der Waals surface area contributed by atoms with Crippen LogP contribution in [0.15, 0.2) is 96.4 Å². The SMILES string of the molecule is C=CCN1c2ccccc2C(c2ccccc2)=C(C(=O)Nc2ccccc2C(=O)OCC)S1(=O)=O. The first-order chi connectivity index (χ1) is 16.9. The second kappa shape index (κ2) is 9.99. The number of ether oxygens (including phenoxy) is 1. The molecule has 0 atom stereocenters. The van der Waals surface area contributed by atoms with E-state index in [-0.39, 0.29) is 30.0 Å². The summed E-state index contributed by atoms with van der Waals surface area (Å²) in [4.78, 5) is 25.7. The van der Waals surface area contributed by atoms with Crippen LogP contribution in [0.4, 0.5) is 11.4 Å². The molecule has 35 heavy (non-hydrogen) atoms. The van der Waals surface area contributed by atoms with E-state index in [1.54, 1.807) is 67.6 Å². The van der Waals surface area contributed by atoms with Gasteiger partial charge in [0.1, 0.15) is 0 Å². The normalized spacial score (nSPS) is 14.1. The second-order valence-corrected chi connectivity index (χ2v) is 9.43. The van der Waals surface area contributed by atoms with Gasteiger partial charge in [0.25, 0.3) is 15.9 Å². The summed E-state index contributed by atoms with van der Waals surface area (Å²) in [7, 11) is -4.29. The summed E-state index contributed by atoms with van der Waals surface area (Å²) in [5, 5.41) is 2.64. The molecule has 8 heteroatoms. The van der Waals surface area contributed by atoms with Crippen molar-refractivity contribution in [2.45, 2.75) is 6.92 Å². The highest BCUT2D eigenvalue weighted by molar-refractivity contribution is 7.97. The maximum atomic E-state index is 13.9. The molecule has 1 heterocycles. The minimum absolute atomic E-state index is 0.0163. The van der Waals surface area contributed by atoms with Crippen LogP contribution in [0.5, 0.6) is 0 Å². The predicted octanol–water partition coefficient (Wildman–Crippen LogP) is 4.60. The second-order valence-electron chi connectivity index (χ2n) is 7.63. The molecule has 0 fully saturated rings. The number of benzene rings is 3. The average Bonchev–Trinajstić information content (AvgIpc) is 2.86. The monoisotopic (exact) mass is 488 g/mol. The van der Waals surface area contributed by atoms with E-state index in [2.05, 4.69) is 11.9 Å². The fourth-order valence-electron chi connectivity index (χ4n) is 3.99. The third kappa shape index (κ3) is 4.48. The van der Waals surface area contributed by atoms with Crippen molar-refractivity contribution >= 4 is 38.8 Å². The molecular weight excluding hydrogens is 464 g/mol. The smallest absolute Gasteiger partial charge is 0.340 e. The lowest BCUT2D eigenvalue weighted by Gasteiger charge is -2.32. The topological polar surface area (TPSA) is 92.8 Å². The third-order valence-electron chi connectivity index (χ3n) is 5.45. The van der Waals surface area contributed by atoms with Gasteiger partial charge in [0.05, 0.1) is 30.1 Å². The number of sulfonamides is 1. The lowest BCUT2D eigenvalue weighted by Crippen LogP contribution is -2.40. The third-order valence-corrected chi connectivity index (χ3v) is 7.28. The van der Waals surface area contributed by atoms with E-state index in [4.69, 9.17) is 4.74 Å². The molecule has 0 aliphatic carbocycles. The van der Waals surface area contributed by atoms with Crippen LogP contribution in [-0.2, 0) is 19.6 Å². The van der Waals surface area contributed by atoms with E-state index >= 15 is 0 Å². The zero-order valence-electron chi connectivity index (χ0n) is 19.1. The van der Waals surface area contributed by atoms with E-state index < -0.39 is 26.8 Å². The molecule has 1 amide bonds. The quantitative estimate of drug-likeness (QED) is 0.388. The summed E-state index contributed by atoms with van der Waals surface area (Å²) in [6.45, 7) is 5.50. The fraction of sp³-hybridized carbons (Fsp3) is 0.111.